The van der Waals surface area contributed by atoms with Gasteiger partial charge in [-0.15, -0.1) is 0 Å². The first-order chi connectivity index (χ1) is 6.79. The SMILES string of the molecule is O=C1C/C=C\CCC(=O)CC/C=C\C1. The largest absolute Gasteiger partial charge is 0.300 e. The van der Waals surface area contributed by atoms with Crippen LogP contribution in [0.3, 0.4) is 0 Å². The third-order valence-electron chi connectivity index (χ3n) is 2.20. The van der Waals surface area contributed by atoms with Crippen LogP contribution in [0.4, 0.5) is 0 Å². The van der Waals surface area contributed by atoms with Crippen LogP contribution in [0.25, 0.3) is 0 Å². The van der Waals surface area contributed by atoms with Gasteiger partial charge in [0.1, 0.15) is 11.6 Å². The second kappa shape index (κ2) is 6.30. The van der Waals surface area contributed by atoms with E-state index < -0.39 is 0 Å². The highest BCUT2D eigenvalue weighted by Gasteiger charge is 2.00. The van der Waals surface area contributed by atoms with Crippen molar-refractivity contribution in [2.75, 3.05) is 0 Å². The number of ketones is 2. The van der Waals surface area contributed by atoms with Crippen LogP contribution in [0.15, 0.2) is 24.3 Å². The van der Waals surface area contributed by atoms with E-state index in [1.807, 2.05) is 24.3 Å². The van der Waals surface area contributed by atoms with Crippen LogP contribution in [-0.4, -0.2) is 11.6 Å². The molecular formula is C12H16O2. The van der Waals surface area contributed by atoms with Crippen molar-refractivity contribution in [3.63, 3.8) is 0 Å². The van der Waals surface area contributed by atoms with Gasteiger partial charge in [-0.2, -0.15) is 0 Å². The van der Waals surface area contributed by atoms with Gasteiger partial charge in [0.2, 0.25) is 0 Å². The monoisotopic (exact) mass is 192 g/mol. The molecule has 2 nitrogen and oxygen atoms in total. The molecule has 0 aromatic rings. The van der Waals surface area contributed by atoms with Crippen LogP contribution >= 0.6 is 0 Å². The first kappa shape index (κ1) is 10.9. The van der Waals surface area contributed by atoms with E-state index in [4.69, 9.17) is 0 Å². The third-order valence-corrected chi connectivity index (χ3v) is 2.20. The number of hydrogen-bond donors (Lipinski definition) is 0. The lowest BCUT2D eigenvalue weighted by Crippen LogP contribution is -1.97. The van der Waals surface area contributed by atoms with Crippen LogP contribution in [0.5, 0.6) is 0 Å². The molecule has 1 rings (SSSR count). The van der Waals surface area contributed by atoms with Gasteiger partial charge in [0.25, 0.3) is 0 Å². The van der Waals surface area contributed by atoms with E-state index in [1.165, 1.54) is 0 Å². The Morgan fingerprint density at radius 2 is 1.21 bits per heavy atom. The summed E-state index contributed by atoms with van der Waals surface area (Å²) in [6.45, 7) is 0. The van der Waals surface area contributed by atoms with E-state index in [-0.39, 0.29) is 5.78 Å². The predicted molar refractivity (Wildman–Crippen MR) is 56.0 cm³/mol. The molecule has 0 heterocycles. The minimum Gasteiger partial charge on any atom is -0.300 e. The molecule has 0 unspecified atom stereocenters. The van der Waals surface area contributed by atoms with Crippen molar-refractivity contribution in [2.24, 2.45) is 0 Å². The smallest absolute Gasteiger partial charge is 0.140 e. The van der Waals surface area contributed by atoms with Crippen molar-refractivity contribution in [3.8, 4) is 0 Å². The lowest BCUT2D eigenvalue weighted by molar-refractivity contribution is -0.119. The lowest BCUT2D eigenvalue weighted by Gasteiger charge is -1.97. The Kier molecular flexibility index (Phi) is 4.90. The molecule has 0 bridgehead atoms. The summed E-state index contributed by atoms with van der Waals surface area (Å²) in [7, 11) is 0. The minimum atomic E-state index is 0.240. The molecule has 0 saturated heterocycles. The summed E-state index contributed by atoms with van der Waals surface area (Å²) in [6, 6.07) is 0. The predicted octanol–water partition coefficient (Wildman–Crippen LogP) is 2.59. The zero-order valence-electron chi connectivity index (χ0n) is 8.37. The van der Waals surface area contributed by atoms with Crippen LogP contribution in [0.1, 0.15) is 38.5 Å². The van der Waals surface area contributed by atoms with Crippen molar-refractivity contribution in [2.45, 2.75) is 38.5 Å². The minimum absolute atomic E-state index is 0.240. The van der Waals surface area contributed by atoms with Gasteiger partial charge >= 0.3 is 0 Å². The Bertz CT molecular complexity index is 237. The Labute approximate surface area is 84.7 Å². The normalized spacial score (nSPS) is 24.9. The number of hydrogen-bond acceptors (Lipinski definition) is 2. The van der Waals surface area contributed by atoms with Crippen molar-refractivity contribution in [1.82, 2.24) is 0 Å². The van der Waals surface area contributed by atoms with Crippen LogP contribution < -0.4 is 0 Å². The van der Waals surface area contributed by atoms with E-state index in [1.54, 1.807) is 0 Å². The van der Waals surface area contributed by atoms with E-state index in [0.717, 1.165) is 12.8 Å². The van der Waals surface area contributed by atoms with Gasteiger partial charge < -0.3 is 0 Å². The van der Waals surface area contributed by atoms with Crippen molar-refractivity contribution in [1.29, 1.82) is 0 Å². The summed E-state index contributed by atoms with van der Waals surface area (Å²) in [5, 5.41) is 0. The molecule has 14 heavy (non-hydrogen) atoms. The average molecular weight is 192 g/mol. The molecule has 0 aliphatic heterocycles. The maximum atomic E-state index is 11.2. The fourth-order valence-corrected chi connectivity index (χ4v) is 1.36. The second-order valence-corrected chi connectivity index (χ2v) is 3.51. The fraction of sp³-hybridized carbons (Fsp3) is 0.500. The molecule has 0 atom stereocenters. The highest BCUT2D eigenvalue weighted by molar-refractivity contribution is 5.81. The molecule has 0 aromatic carbocycles. The van der Waals surface area contributed by atoms with Gasteiger partial charge in [-0.1, -0.05) is 24.3 Å². The number of allylic oxidation sites excluding steroid dienone is 4. The summed E-state index contributed by atoms with van der Waals surface area (Å²) in [4.78, 5) is 22.4. The van der Waals surface area contributed by atoms with Crippen LogP contribution in [0.2, 0.25) is 0 Å². The molecule has 0 fully saturated rings. The molecule has 0 saturated carbocycles. The number of Topliss-reactive ketones (excluding diaryl/α,β-unsaturated/α-hetero) is 2. The zero-order chi connectivity index (χ0) is 10.2. The second-order valence-electron chi connectivity index (χ2n) is 3.51. The Balaban J connectivity index is 2.46. The number of carbonyl (C=O) groups excluding carboxylic acids is 2. The van der Waals surface area contributed by atoms with Gasteiger partial charge in [0, 0.05) is 25.7 Å². The Morgan fingerprint density at radius 1 is 0.714 bits per heavy atom. The molecule has 1 aliphatic rings. The van der Waals surface area contributed by atoms with Gasteiger partial charge in [-0.3, -0.25) is 9.59 Å². The molecule has 2 heteroatoms. The van der Waals surface area contributed by atoms with Crippen molar-refractivity contribution >= 4 is 11.6 Å². The molecule has 76 valence electrons. The first-order valence-corrected chi connectivity index (χ1v) is 5.12. The maximum Gasteiger partial charge on any atom is 0.140 e. The fourth-order valence-electron chi connectivity index (χ4n) is 1.36. The standard InChI is InChI=1S/C12H16O2/c13-11-7-3-1-4-8-12(14)10-6-2-5-9-11/h1-3,5H,4,6-10H2/b3-1-,5-2-. The van der Waals surface area contributed by atoms with Crippen molar-refractivity contribution < 1.29 is 9.59 Å². The van der Waals surface area contributed by atoms with E-state index in [2.05, 4.69) is 0 Å². The van der Waals surface area contributed by atoms with Gasteiger partial charge in [-0.25, -0.2) is 0 Å². The summed E-state index contributed by atoms with van der Waals surface area (Å²) < 4.78 is 0. The highest BCUT2D eigenvalue weighted by Crippen LogP contribution is 2.04. The van der Waals surface area contributed by atoms with E-state index in [9.17, 15) is 9.59 Å². The van der Waals surface area contributed by atoms with E-state index in [0.29, 0.717) is 31.5 Å². The number of rotatable bonds is 0. The first-order valence-electron chi connectivity index (χ1n) is 5.12. The summed E-state index contributed by atoms with van der Waals surface area (Å²) in [5.41, 5.74) is 0. The van der Waals surface area contributed by atoms with E-state index >= 15 is 0 Å². The van der Waals surface area contributed by atoms with Gasteiger partial charge in [0.15, 0.2) is 0 Å². The summed E-state index contributed by atoms with van der Waals surface area (Å²) in [5.74, 6) is 0.551. The van der Waals surface area contributed by atoms with Crippen LogP contribution in [0, 0.1) is 0 Å². The molecule has 0 aromatic heterocycles. The molecule has 0 amide bonds. The molecule has 1 aliphatic carbocycles. The van der Waals surface area contributed by atoms with Gasteiger partial charge in [-0.05, 0) is 12.8 Å². The maximum absolute atomic E-state index is 11.2. The average Bonchev–Trinajstić information content (AvgIpc) is 2.14. The summed E-state index contributed by atoms with van der Waals surface area (Å²) in [6.07, 6.45) is 11.4. The lowest BCUT2D eigenvalue weighted by atomic mass is 10.1. The van der Waals surface area contributed by atoms with Gasteiger partial charge in [0.05, 0.1) is 0 Å². The Hall–Kier alpha value is -1.18. The Morgan fingerprint density at radius 3 is 1.71 bits per heavy atom. The van der Waals surface area contributed by atoms with Crippen LogP contribution in [-0.2, 0) is 9.59 Å². The molecule has 0 radical (unpaired) electrons. The molecule has 0 spiro atoms. The topological polar surface area (TPSA) is 34.1 Å². The third kappa shape index (κ3) is 4.75. The molecule has 0 N–H and O–H groups in total. The zero-order valence-corrected chi connectivity index (χ0v) is 8.37. The summed E-state index contributed by atoms with van der Waals surface area (Å²) >= 11 is 0. The highest BCUT2D eigenvalue weighted by atomic mass is 16.1. The molecular weight excluding hydrogens is 176 g/mol. The quantitative estimate of drug-likeness (QED) is 0.553. The van der Waals surface area contributed by atoms with Crippen molar-refractivity contribution in [3.05, 3.63) is 24.3 Å². The number of carbonyl (C=O) groups is 2.